The summed E-state index contributed by atoms with van der Waals surface area (Å²) in [5.41, 5.74) is 4.55. The standard InChI is InChI=1S/C17H15N3S.ClH/c1-18-9-17-20-16(10-21-17)11-6-7-13-12-4-2-3-5-14(12)19-15(13)8-11;/h2-8,10,18-19H,9H2,1H3;1H. The van der Waals surface area contributed by atoms with Crippen molar-refractivity contribution in [1.82, 2.24) is 15.3 Å². The van der Waals surface area contributed by atoms with Gasteiger partial charge < -0.3 is 10.3 Å². The van der Waals surface area contributed by atoms with Gasteiger partial charge in [0.25, 0.3) is 0 Å². The summed E-state index contributed by atoms with van der Waals surface area (Å²) < 4.78 is 0. The van der Waals surface area contributed by atoms with Crippen LogP contribution >= 0.6 is 23.7 Å². The molecule has 0 bridgehead atoms. The number of para-hydroxylation sites is 1. The van der Waals surface area contributed by atoms with Crippen LogP contribution in [-0.4, -0.2) is 17.0 Å². The van der Waals surface area contributed by atoms with Crippen molar-refractivity contribution in [2.75, 3.05) is 7.05 Å². The third-order valence-corrected chi connectivity index (χ3v) is 4.53. The number of nitrogens with zero attached hydrogens (tertiary/aromatic N) is 1. The van der Waals surface area contributed by atoms with Crippen molar-refractivity contribution in [3.63, 3.8) is 0 Å². The molecule has 22 heavy (non-hydrogen) atoms. The summed E-state index contributed by atoms with van der Waals surface area (Å²) >= 11 is 1.70. The van der Waals surface area contributed by atoms with Crippen LogP contribution in [0.3, 0.4) is 0 Å². The fourth-order valence-electron chi connectivity index (χ4n) is 2.69. The monoisotopic (exact) mass is 329 g/mol. The van der Waals surface area contributed by atoms with E-state index in [0.717, 1.165) is 28.3 Å². The van der Waals surface area contributed by atoms with E-state index in [0.29, 0.717) is 0 Å². The fraction of sp³-hybridized carbons (Fsp3) is 0.118. The van der Waals surface area contributed by atoms with Crippen molar-refractivity contribution in [1.29, 1.82) is 0 Å². The summed E-state index contributed by atoms with van der Waals surface area (Å²) in [5.74, 6) is 0. The summed E-state index contributed by atoms with van der Waals surface area (Å²) in [7, 11) is 1.94. The Hall–Kier alpha value is -1.88. The van der Waals surface area contributed by atoms with Crippen molar-refractivity contribution < 1.29 is 0 Å². The van der Waals surface area contributed by atoms with Gasteiger partial charge in [0.1, 0.15) is 5.01 Å². The van der Waals surface area contributed by atoms with Crippen molar-refractivity contribution >= 4 is 45.5 Å². The van der Waals surface area contributed by atoms with Crippen LogP contribution in [-0.2, 0) is 6.54 Å². The summed E-state index contributed by atoms with van der Waals surface area (Å²) in [4.78, 5) is 8.16. The molecule has 112 valence electrons. The van der Waals surface area contributed by atoms with E-state index in [2.05, 4.69) is 63.1 Å². The first-order chi connectivity index (χ1) is 10.3. The SMILES string of the molecule is CNCc1nc(-c2ccc3c(c2)[nH]c2ccccc23)cs1.Cl. The van der Waals surface area contributed by atoms with E-state index in [1.807, 2.05) is 7.05 Å². The molecule has 0 spiro atoms. The zero-order valence-corrected chi connectivity index (χ0v) is 13.7. The lowest BCUT2D eigenvalue weighted by Crippen LogP contribution is -2.04. The summed E-state index contributed by atoms with van der Waals surface area (Å²) in [6.45, 7) is 0.819. The Labute approximate surface area is 138 Å². The molecule has 0 unspecified atom stereocenters. The van der Waals surface area contributed by atoms with Crippen LogP contribution < -0.4 is 5.32 Å². The molecular weight excluding hydrogens is 314 g/mol. The second-order valence-corrected chi connectivity index (χ2v) is 6.03. The van der Waals surface area contributed by atoms with Crippen LogP contribution in [0.2, 0.25) is 0 Å². The predicted molar refractivity (Wildman–Crippen MR) is 96.9 cm³/mol. The molecule has 0 aliphatic rings. The van der Waals surface area contributed by atoms with Gasteiger partial charge in [0, 0.05) is 39.3 Å². The van der Waals surface area contributed by atoms with E-state index in [9.17, 15) is 0 Å². The van der Waals surface area contributed by atoms with E-state index < -0.39 is 0 Å². The number of nitrogens with one attached hydrogen (secondary N) is 2. The van der Waals surface area contributed by atoms with E-state index >= 15 is 0 Å². The van der Waals surface area contributed by atoms with Crippen molar-refractivity contribution in [3.05, 3.63) is 52.9 Å². The molecule has 2 N–H and O–H groups in total. The van der Waals surface area contributed by atoms with Gasteiger partial charge in [0.05, 0.1) is 5.69 Å². The summed E-state index contributed by atoms with van der Waals surface area (Å²) in [5, 5.41) is 8.91. The largest absolute Gasteiger partial charge is 0.354 e. The quantitative estimate of drug-likeness (QED) is 0.577. The van der Waals surface area contributed by atoms with Crippen molar-refractivity contribution in [3.8, 4) is 11.3 Å². The molecule has 2 aromatic carbocycles. The molecule has 2 heterocycles. The molecule has 4 rings (SSSR count). The molecule has 0 aliphatic heterocycles. The topological polar surface area (TPSA) is 40.7 Å². The Morgan fingerprint density at radius 3 is 2.77 bits per heavy atom. The minimum Gasteiger partial charge on any atom is -0.354 e. The van der Waals surface area contributed by atoms with Gasteiger partial charge in [0.15, 0.2) is 0 Å². The fourth-order valence-corrected chi connectivity index (χ4v) is 3.51. The Morgan fingerprint density at radius 1 is 1.09 bits per heavy atom. The van der Waals surface area contributed by atoms with Gasteiger partial charge in [-0.15, -0.1) is 23.7 Å². The normalized spacial score (nSPS) is 11.0. The molecule has 0 fully saturated rings. The molecule has 0 amide bonds. The molecule has 2 aromatic heterocycles. The molecule has 0 saturated carbocycles. The number of fused-ring (bicyclic) bond motifs is 3. The van der Waals surface area contributed by atoms with E-state index in [1.165, 1.54) is 16.3 Å². The van der Waals surface area contributed by atoms with Gasteiger partial charge in [-0.2, -0.15) is 0 Å². The lowest BCUT2D eigenvalue weighted by Gasteiger charge is -1.98. The zero-order valence-electron chi connectivity index (χ0n) is 12.1. The number of H-pyrrole nitrogens is 1. The summed E-state index contributed by atoms with van der Waals surface area (Å²) in [6.07, 6.45) is 0. The molecular formula is C17H16ClN3S. The average Bonchev–Trinajstić information content (AvgIpc) is 3.11. The number of rotatable bonds is 3. The van der Waals surface area contributed by atoms with Crippen LogP contribution in [0, 0.1) is 0 Å². The van der Waals surface area contributed by atoms with E-state index in [4.69, 9.17) is 0 Å². The number of aromatic amines is 1. The molecule has 5 heteroatoms. The highest BCUT2D eigenvalue weighted by atomic mass is 35.5. The minimum absolute atomic E-state index is 0. The highest BCUT2D eigenvalue weighted by molar-refractivity contribution is 7.09. The number of hydrogen-bond donors (Lipinski definition) is 2. The first-order valence-electron chi connectivity index (χ1n) is 6.95. The first-order valence-corrected chi connectivity index (χ1v) is 7.83. The third-order valence-electron chi connectivity index (χ3n) is 3.68. The molecule has 3 nitrogen and oxygen atoms in total. The van der Waals surface area contributed by atoms with Crippen LogP contribution in [0.1, 0.15) is 5.01 Å². The third kappa shape index (κ3) is 2.50. The number of aromatic nitrogens is 2. The van der Waals surface area contributed by atoms with Crippen LogP contribution in [0.4, 0.5) is 0 Å². The smallest absolute Gasteiger partial charge is 0.107 e. The molecule has 0 aliphatic carbocycles. The van der Waals surface area contributed by atoms with E-state index in [-0.39, 0.29) is 12.4 Å². The second kappa shape index (κ2) is 6.08. The highest BCUT2D eigenvalue weighted by Crippen LogP contribution is 2.30. The van der Waals surface area contributed by atoms with Gasteiger partial charge in [0.2, 0.25) is 0 Å². The maximum Gasteiger partial charge on any atom is 0.107 e. The Bertz CT molecular complexity index is 926. The van der Waals surface area contributed by atoms with Crippen LogP contribution in [0.25, 0.3) is 33.1 Å². The lowest BCUT2D eigenvalue weighted by molar-refractivity contribution is 0.811. The maximum atomic E-state index is 4.67. The van der Waals surface area contributed by atoms with Gasteiger partial charge >= 0.3 is 0 Å². The van der Waals surface area contributed by atoms with Crippen molar-refractivity contribution in [2.24, 2.45) is 0 Å². The van der Waals surface area contributed by atoms with Gasteiger partial charge in [-0.3, -0.25) is 0 Å². The van der Waals surface area contributed by atoms with Gasteiger partial charge in [-0.1, -0.05) is 30.3 Å². The maximum absolute atomic E-state index is 4.67. The zero-order chi connectivity index (χ0) is 14.2. The molecule has 0 atom stereocenters. The van der Waals surface area contributed by atoms with Crippen LogP contribution in [0.15, 0.2) is 47.8 Å². The predicted octanol–water partition coefficient (Wildman–Crippen LogP) is 4.59. The van der Waals surface area contributed by atoms with Gasteiger partial charge in [-0.05, 0) is 19.2 Å². The first kappa shape index (κ1) is 15.0. The van der Waals surface area contributed by atoms with Crippen molar-refractivity contribution in [2.45, 2.75) is 6.54 Å². The van der Waals surface area contributed by atoms with Crippen LogP contribution in [0.5, 0.6) is 0 Å². The minimum atomic E-state index is 0. The molecule has 0 saturated heterocycles. The Balaban J connectivity index is 0.00000144. The number of benzene rings is 2. The summed E-state index contributed by atoms with van der Waals surface area (Å²) in [6, 6.07) is 14.9. The highest BCUT2D eigenvalue weighted by Gasteiger charge is 2.08. The molecule has 4 aromatic rings. The van der Waals surface area contributed by atoms with E-state index in [1.54, 1.807) is 11.3 Å². The molecule has 0 radical (unpaired) electrons. The van der Waals surface area contributed by atoms with Gasteiger partial charge in [-0.25, -0.2) is 4.98 Å². The lowest BCUT2D eigenvalue weighted by atomic mass is 10.1. The Morgan fingerprint density at radius 2 is 1.91 bits per heavy atom. The number of hydrogen-bond acceptors (Lipinski definition) is 3. The second-order valence-electron chi connectivity index (χ2n) is 5.09. The number of thiazole rings is 1. The average molecular weight is 330 g/mol. The Kier molecular flexibility index (Phi) is 4.16. The number of halogens is 1.